The molecule has 0 aliphatic carbocycles. The maximum atomic E-state index is 5.98. The maximum absolute atomic E-state index is 5.98. The van der Waals surface area contributed by atoms with Gasteiger partial charge in [-0.2, -0.15) is 4.68 Å². The number of hydrogen-bond donors (Lipinski definition) is 0. The van der Waals surface area contributed by atoms with Gasteiger partial charge in [-0.15, -0.1) is 16.9 Å². The van der Waals surface area contributed by atoms with Gasteiger partial charge in [-0.3, -0.25) is 0 Å². The van der Waals surface area contributed by atoms with Crippen LogP contribution in [-0.2, 0) is 11.5 Å². The minimum atomic E-state index is 0.744. The highest BCUT2D eigenvalue weighted by atomic mass is 35.5. The van der Waals surface area contributed by atoms with E-state index in [1.807, 2.05) is 48.5 Å². The fraction of sp³-hybridized carbons (Fsp3) is 0.133. The zero-order chi connectivity index (χ0) is 14.5. The van der Waals surface area contributed by atoms with Crippen LogP contribution in [0.15, 0.2) is 54.6 Å². The van der Waals surface area contributed by atoms with Crippen LogP contribution in [0.3, 0.4) is 0 Å². The lowest BCUT2D eigenvalue weighted by Crippen LogP contribution is -2.01. The minimum absolute atomic E-state index is 0.744. The molecule has 0 amide bonds. The summed E-state index contributed by atoms with van der Waals surface area (Å²) in [7, 11) is 0. The molecule has 4 nitrogen and oxygen atoms in total. The molecule has 0 aliphatic heterocycles. The Morgan fingerprint density at radius 3 is 2.67 bits per heavy atom. The van der Waals surface area contributed by atoms with Crippen molar-refractivity contribution < 1.29 is 0 Å². The molecule has 0 saturated carbocycles. The van der Waals surface area contributed by atoms with Gasteiger partial charge in [-0.05, 0) is 40.3 Å². The smallest absolute Gasteiger partial charge is 0.166 e. The summed E-state index contributed by atoms with van der Waals surface area (Å²) in [6.07, 6.45) is 0. The third-order valence-corrected chi connectivity index (χ3v) is 4.16. The number of para-hydroxylation sites is 1. The first-order valence-corrected chi connectivity index (χ1v) is 8.01. The van der Waals surface area contributed by atoms with Crippen molar-refractivity contribution >= 4 is 23.4 Å². The van der Waals surface area contributed by atoms with Crippen LogP contribution in [0.1, 0.15) is 11.4 Å². The Hall–Kier alpha value is -1.85. The number of tetrazole rings is 1. The van der Waals surface area contributed by atoms with Crippen molar-refractivity contribution in [1.29, 1.82) is 0 Å². The SMILES string of the molecule is Clc1cccc(CSCc2nnnn2-c2ccccc2)c1. The number of benzene rings is 2. The number of aromatic nitrogens is 4. The number of nitrogens with zero attached hydrogens (tertiary/aromatic N) is 4. The molecule has 0 bridgehead atoms. The van der Waals surface area contributed by atoms with Crippen molar-refractivity contribution in [2.75, 3.05) is 0 Å². The van der Waals surface area contributed by atoms with Crippen molar-refractivity contribution in [2.24, 2.45) is 0 Å². The topological polar surface area (TPSA) is 43.6 Å². The Morgan fingerprint density at radius 1 is 1.00 bits per heavy atom. The Balaban J connectivity index is 1.66. The van der Waals surface area contributed by atoms with E-state index < -0.39 is 0 Å². The Morgan fingerprint density at radius 2 is 1.86 bits per heavy atom. The van der Waals surface area contributed by atoms with Gasteiger partial charge in [0.05, 0.1) is 11.4 Å². The molecule has 0 saturated heterocycles. The van der Waals surface area contributed by atoms with Crippen LogP contribution in [0.2, 0.25) is 5.02 Å². The van der Waals surface area contributed by atoms with Gasteiger partial charge in [0.15, 0.2) is 5.82 Å². The molecule has 0 radical (unpaired) electrons. The first-order chi connectivity index (χ1) is 10.3. The minimum Gasteiger partial charge on any atom is -0.196 e. The van der Waals surface area contributed by atoms with E-state index in [0.29, 0.717) is 0 Å². The second-order valence-electron chi connectivity index (χ2n) is 4.47. The van der Waals surface area contributed by atoms with Gasteiger partial charge in [0, 0.05) is 10.8 Å². The number of rotatable bonds is 5. The first-order valence-electron chi connectivity index (χ1n) is 6.48. The van der Waals surface area contributed by atoms with Crippen LogP contribution < -0.4 is 0 Å². The summed E-state index contributed by atoms with van der Waals surface area (Å²) in [4.78, 5) is 0. The fourth-order valence-electron chi connectivity index (χ4n) is 1.95. The molecule has 1 heterocycles. The molecule has 6 heteroatoms. The van der Waals surface area contributed by atoms with E-state index in [-0.39, 0.29) is 0 Å². The molecule has 0 aliphatic rings. The van der Waals surface area contributed by atoms with Crippen LogP contribution in [0.5, 0.6) is 0 Å². The normalized spacial score (nSPS) is 10.7. The summed E-state index contributed by atoms with van der Waals surface area (Å²) in [6, 6.07) is 17.8. The van der Waals surface area contributed by atoms with Gasteiger partial charge in [-0.25, -0.2) is 0 Å². The average molecular weight is 317 g/mol. The second-order valence-corrected chi connectivity index (χ2v) is 5.89. The zero-order valence-electron chi connectivity index (χ0n) is 11.2. The Bertz CT molecular complexity index is 714. The summed E-state index contributed by atoms with van der Waals surface area (Å²) >= 11 is 7.74. The first kappa shape index (κ1) is 14.1. The van der Waals surface area contributed by atoms with Crippen LogP contribution in [-0.4, -0.2) is 20.2 Å². The maximum Gasteiger partial charge on any atom is 0.166 e. The molecule has 3 rings (SSSR count). The predicted octanol–water partition coefficient (Wildman–Crippen LogP) is 3.75. The second kappa shape index (κ2) is 6.74. The largest absolute Gasteiger partial charge is 0.196 e. The third kappa shape index (κ3) is 3.62. The standard InChI is InChI=1S/C15H13ClN4S/c16-13-6-4-5-12(9-13)10-21-11-15-17-18-19-20(15)14-7-2-1-3-8-14/h1-9H,10-11H2. The summed E-state index contributed by atoms with van der Waals surface area (Å²) < 4.78 is 1.77. The predicted molar refractivity (Wildman–Crippen MR) is 85.6 cm³/mol. The fourth-order valence-corrected chi connectivity index (χ4v) is 3.05. The van der Waals surface area contributed by atoms with E-state index in [1.54, 1.807) is 16.4 Å². The van der Waals surface area contributed by atoms with Gasteiger partial charge >= 0.3 is 0 Å². The van der Waals surface area contributed by atoms with E-state index >= 15 is 0 Å². The number of hydrogen-bond acceptors (Lipinski definition) is 4. The van der Waals surface area contributed by atoms with Crippen molar-refractivity contribution in [3.63, 3.8) is 0 Å². The molecule has 2 aromatic carbocycles. The van der Waals surface area contributed by atoms with E-state index in [0.717, 1.165) is 28.0 Å². The summed E-state index contributed by atoms with van der Waals surface area (Å²) in [5.41, 5.74) is 2.17. The average Bonchev–Trinajstić information content (AvgIpc) is 2.97. The van der Waals surface area contributed by atoms with Gasteiger partial charge < -0.3 is 0 Å². The van der Waals surface area contributed by atoms with Gasteiger partial charge in [-0.1, -0.05) is 41.9 Å². The quantitative estimate of drug-likeness (QED) is 0.719. The van der Waals surface area contributed by atoms with Gasteiger partial charge in [0.1, 0.15) is 0 Å². The molecule has 1 aromatic heterocycles. The molecule has 0 atom stereocenters. The summed E-state index contributed by atoms with van der Waals surface area (Å²) in [5, 5.41) is 12.7. The van der Waals surface area contributed by atoms with Crippen molar-refractivity contribution in [2.45, 2.75) is 11.5 Å². The molecule has 0 N–H and O–H groups in total. The lowest BCUT2D eigenvalue weighted by atomic mass is 10.2. The van der Waals surface area contributed by atoms with Crippen molar-refractivity contribution in [1.82, 2.24) is 20.2 Å². The Kier molecular flexibility index (Phi) is 4.52. The number of thioether (sulfide) groups is 1. The molecule has 106 valence electrons. The van der Waals surface area contributed by atoms with E-state index in [9.17, 15) is 0 Å². The van der Waals surface area contributed by atoms with Gasteiger partial charge in [0.25, 0.3) is 0 Å². The lowest BCUT2D eigenvalue weighted by molar-refractivity contribution is 0.777. The highest BCUT2D eigenvalue weighted by Crippen LogP contribution is 2.20. The lowest BCUT2D eigenvalue weighted by Gasteiger charge is -2.04. The van der Waals surface area contributed by atoms with E-state index in [1.165, 1.54) is 5.56 Å². The highest BCUT2D eigenvalue weighted by Gasteiger charge is 2.08. The van der Waals surface area contributed by atoms with Gasteiger partial charge in [0.2, 0.25) is 0 Å². The molecule has 0 fully saturated rings. The molecule has 3 aromatic rings. The van der Waals surface area contributed by atoms with Crippen molar-refractivity contribution in [3.05, 3.63) is 71.0 Å². The summed E-state index contributed by atoms with van der Waals surface area (Å²) in [6.45, 7) is 0. The Labute approximate surface area is 132 Å². The van der Waals surface area contributed by atoms with E-state index in [4.69, 9.17) is 11.6 Å². The van der Waals surface area contributed by atoms with Crippen molar-refractivity contribution in [3.8, 4) is 5.69 Å². The molecule has 0 spiro atoms. The van der Waals surface area contributed by atoms with Crippen LogP contribution in [0.25, 0.3) is 5.69 Å². The molecular formula is C15H13ClN4S. The monoisotopic (exact) mass is 316 g/mol. The van der Waals surface area contributed by atoms with Crippen LogP contribution >= 0.6 is 23.4 Å². The molecule has 0 unspecified atom stereocenters. The van der Waals surface area contributed by atoms with E-state index in [2.05, 4.69) is 21.6 Å². The summed E-state index contributed by atoms with van der Waals surface area (Å²) in [5.74, 6) is 2.46. The molecular weight excluding hydrogens is 304 g/mol. The van der Waals surface area contributed by atoms with Crippen LogP contribution in [0, 0.1) is 0 Å². The highest BCUT2D eigenvalue weighted by molar-refractivity contribution is 7.97. The molecule has 21 heavy (non-hydrogen) atoms. The number of halogens is 1. The third-order valence-electron chi connectivity index (χ3n) is 2.92. The zero-order valence-corrected chi connectivity index (χ0v) is 12.8. The van der Waals surface area contributed by atoms with Crippen LogP contribution in [0.4, 0.5) is 0 Å².